The van der Waals surface area contributed by atoms with Crippen LogP contribution < -0.4 is 5.32 Å². The molecule has 1 saturated carbocycles. The highest BCUT2D eigenvalue weighted by atomic mass is 35.5. The van der Waals surface area contributed by atoms with Crippen molar-refractivity contribution in [1.82, 2.24) is 4.90 Å². The van der Waals surface area contributed by atoms with E-state index in [1.54, 1.807) is 36.2 Å². The van der Waals surface area contributed by atoms with Crippen LogP contribution in [0.15, 0.2) is 54.6 Å². The molecule has 5 heteroatoms. The Hall–Kier alpha value is -2.33. The number of anilines is 1. The second-order valence-electron chi connectivity index (χ2n) is 6.19. The van der Waals surface area contributed by atoms with E-state index in [0.29, 0.717) is 30.1 Å². The third kappa shape index (κ3) is 3.44. The van der Waals surface area contributed by atoms with Crippen LogP contribution in [-0.2, 0) is 16.1 Å². The number of amides is 2. The molecule has 0 unspecified atom stereocenters. The van der Waals surface area contributed by atoms with E-state index in [1.165, 1.54) is 0 Å². The van der Waals surface area contributed by atoms with E-state index >= 15 is 0 Å². The molecule has 0 saturated heterocycles. The van der Waals surface area contributed by atoms with Gasteiger partial charge in [0.15, 0.2) is 0 Å². The molecule has 2 amide bonds. The number of carbonyl (C=O) groups excluding carboxylic acids is 2. The lowest BCUT2D eigenvalue weighted by Crippen LogP contribution is -2.40. The molecule has 0 aliphatic heterocycles. The fraction of sp³-hybridized carbons (Fsp3) is 0.263. The SMILES string of the molecule is CN(Cc1ccccc1)C(=O)C1(C(=O)Nc2ccc(Cl)cc2)CC1. The summed E-state index contributed by atoms with van der Waals surface area (Å²) in [6, 6.07) is 16.6. The highest BCUT2D eigenvalue weighted by Crippen LogP contribution is 2.48. The van der Waals surface area contributed by atoms with Gasteiger partial charge < -0.3 is 10.2 Å². The molecule has 4 nitrogen and oxygen atoms in total. The Morgan fingerprint density at radius 3 is 2.29 bits per heavy atom. The zero-order chi connectivity index (χ0) is 17.2. The summed E-state index contributed by atoms with van der Waals surface area (Å²) >= 11 is 5.85. The number of benzene rings is 2. The number of halogens is 1. The van der Waals surface area contributed by atoms with Crippen LogP contribution in [0.25, 0.3) is 0 Å². The molecule has 0 atom stereocenters. The summed E-state index contributed by atoms with van der Waals surface area (Å²) in [5, 5.41) is 3.43. The maximum atomic E-state index is 12.8. The Morgan fingerprint density at radius 2 is 1.71 bits per heavy atom. The van der Waals surface area contributed by atoms with Gasteiger partial charge in [-0.15, -0.1) is 0 Å². The lowest BCUT2D eigenvalue weighted by molar-refractivity contribution is -0.141. The molecule has 24 heavy (non-hydrogen) atoms. The van der Waals surface area contributed by atoms with Crippen molar-refractivity contribution in [2.75, 3.05) is 12.4 Å². The summed E-state index contributed by atoms with van der Waals surface area (Å²) in [7, 11) is 1.74. The monoisotopic (exact) mass is 342 g/mol. The minimum absolute atomic E-state index is 0.127. The third-order valence-corrected chi connectivity index (χ3v) is 4.56. The largest absolute Gasteiger partial charge is 0.340 e. The molecule has 0 radical (unpaired) electrons. The van der Waals surface area contributed by atoms with Crippen LogP contribution >= 0.6 is 11.6 Å². The van der Waals surface area contributed by atoms with Crippen LogP contribution in [0.2, 0.25) is 5.02 Å². The maximum absolute atomic E-state index is 12.8. The summed E-state index contributed by atoms with van der Waals surface area (Å²) in [5.74, 6) is -0.368. The summed E-state index contributed by atoms with van der Waals surface area (Å²) in [6.07, 6.45) is 1.18. The van der Waals surface area contributed by atoms with Gasteiger partial charge in [0.2, 0.25) is 11.8 Å². The van der Waals surface area contributed by atoms with Gasteiger partial charge >= 0.3 is 0 Å². The molecule has 2 aromatic carbocycles. The third-order valence-electron chi connectivity index (χ3n) is 4.31. The second kappa shape index (κ2) is 6.65. The molecule has 124 valence electrons. The van der Waals surface area contributed by atoms with Crippen LogP contribution in [0.3, 0.4) is 0 Å². The van der Waals surface area contributed by atoms with Crippen molar-refractivity contribution >= 4 is 29.1 Å². The minimum Gasteiger partial charge on any atom is -0.340 e. The van der Waals surface area contributed by atoms with E-state index in [9.17, 15) is 9.59 Å². The lowest BCUT2D eigenvalue weighted by atomic mass is 10.0. The first kappa shape index (κ1) is 16.5. The highest BCUT2D eigenvalue weighted by Gasteiger charge is 2.57. The van der Waals surface area contributed by atoms with Gasteiger partial charge in [0, 0.05) is 24.3 Å². The zero-order valence-corrected chi connectivity index (χ0v) is 14.2. The van der Waals surface area contributed by atoms with Crippen molar-refractivity contribution in [3.8, 4) is 0 Å². The predicted octanol–water partition coefficient (Wildman–Crippen LogP) is 3.72. The number of nitrogens with zero attached hydrogens (tertiary/aromatic N) is 1. The van der Waals surface area contributed by atoms with Crippen LogP contribution in [0, 0.1) is 5.41 Å². The van der Waals surface area contributed by atoms with Gasteiger partial charge in [-0.05, 0) is 42.7 Å². The Morgan fingerprint density at radius 1 is 1.08 bits per heavy atom. The minimum atomic E-state index is -0.927. The Kier molecular flexibility index (Phi) is 4.58. The van der Waals surface area contributed by atoms with Gasteiger partial charge in [0.05, 0.1) is 0 Å². The molecule has 0 heterocycles. The van der Waals surface area contributed by atoms with E-state index in [0.717, 1.165) is 5.56 Å². The molecule has 1 aliphatic carbocycles. The summed E-state index contributed by atoms with van der Waals surface area (Å²) in [4.78, 5) is 27.0. The molecule has 0 spiro atoms. The second-order valence-corrected chi connectivity index (χ2v) is 6.63. The lowest BCUT2D eigenvalue weighted by Gasteiger charge is -2.23. The molecule has 0 bridgehead atoms. The fourth-order valence-corrected chi connectivity index (χ4v) is 2.87. The molecule has 1 N–H and O–H groups in total. The van der Waals surface area contributed by atoms with Gasteiger partial charge in [-0.25, -0.2) is 0 Å². The highest BCUT2D eigenvalue weighted by molar-refractivity contribution is 6.30. The van der Waals surface area contributed by atoms with Crippen molar-refractivity contribution in [2.24, 2.45) is 5.41 Å². The number of hydrogen-bond acceptors (Lipinski definition) is 2. The topological polar surface area (TPSA) is 49.4 Å². The summed E-state index contributed by atoms with van der Waals surface area (Å²) in [6.45, 7) is 0.496. The molecular weight excluding hydrogens is 324 g/mol. The van der Waals surface area contributed by atoms with Gasteiger partial charge in [-0.2, -0.15) is 0 Å². The first-order valence-corrected chi connectivity index (χ1v) is 8.25. The quantitative estimate of drug-likeness (QED) is 0.842. The molecule has 1 aliphatic rings. The number of nitrogens with one attached hydrogen (secondary N) is 1. The predicted molar refractivity (Wildman–Crippen MR) is 94.7 cm³/mol. The molecule has 2 aromatic rings. The van der Waals surface area contributed by atoms with E-state index in [2.05, 4.69) is 5.32 Å². The fourth-order valence-electron chi connectivity index (χ4n) is 2.74. The number of rotatable bonds is 5. The number of hydrogen-bond donors (Lipinski definition) is 1. The Labute approximate surface area is 146 Å². The van der Waals surface area contributed by atoms with Crippen molar-refractivity contribution in [3.05, 3.63) is 65.2 Å². The van der Waals surface area contributed by atoms with Crippen molar-refractivity contribution in [2.45, 2.75) is 19.4 Å². The maximum Gasteiger partial charge on any atom is 0.240 e. The van der Waals surface area contributed by atoms with E-state index in [1.807, 2.05) is 30.3 Å². The van der Waals surface area contributed by atoms with Crippen LogP contribution in [-0.4, -0.2) is 23.8 Å². The Bertz CT molecular complexity index is 740. The summed E-state index contributed by atoms with van der Waals surface area (Å²) in [5.41, 5.74) is 0.764. The van der Waals surface area contributed by atoms with Crippen LogP contribution in [0.5, 0.6) is 0 Å². The molecule has 3 rings (SSSR count). The van der Waals surface area contributed by atoms with Crippen LogP contribution in [0.4, 0.5) is 5.69 Å². The van der Waals surface area contributed by atoms with Gasteiger partial charge in [0.1, 0.15) is 5.41 Å². The van der Waals surface area contributed by atoms with Gasteiger partial charge in [0.25, 0.3) is 0 Å². The number of carbonyl (C=O) groups is 2. The average Bonchev–Trinajstić information content (AvgIpc) is 3.39. The van der Waals surface area contributed by atoms with E-state index < -0.39 is 5.41 Å². The first-order valence-electron chi connectivity index (χ1n) is 7.88. The van der Waals surface area contributed by atoms with Gasteiger partial charge in [-0.1, -0.05) is 41.9 Å². The van der Waals surface area contributed by atoms with Crippen molar-refractivity contribution in [3.63, 3.8) is 0 Å². The summed E-state index contributed by atoms with van der Waals surface area (Å²) < 4.78 is 0. The smallest absolute Gasteiger partial charge is 0.240 e. The standard InChI is InChI=1S/C19H19ClN2O2/c1-22(13-14-5-3-2-4-6-14)18(24)19(11-12-19)17(23)21-16-9-7-15(20)8-10-16/h2-10H,11-13H2,1H3,(H,21,23). The first-order chi connectivity index (χ1) is 11.5. The molecular formula is C19H19ClN2O2. The zero-order valence-electron chi connectivity index (χ0n) is 13.5. The molecule has 1 fully saturated rings. The van der Waals surface area contributed by atoms with E-state index in [4.69, 9.17) is 11.6 Å². The Balaban J connectivity index is 1.67. The average molecular weight is 343 g/mol. The van der Waals surface area contributed by atoms with Gasteiger partial charge in [-0.3, -0.25) is 9.59 Å². The van der Waals surface area contributed by atoms with Crippen molar-refractivity contribution < 1.29 is 9.59 Å². The van der Waals surface area contributed by atoms with Crippen molar-refractivity contribution in [1.29, 1.82) is 0 Å². The molecule has 0 aromatic heterocycles. The van der Waals surface area contributed by atoms with Crippen LogP contribution in [0.1, 0.15) is 18.4 Å². The normalized spacial score (nSPS) is 14.8. The van der Waals surface area contributed by atoms with E-state index in [-0.39, 0.29) is 11.8 Å².